The van der Waals surface area contributed by atoms with Crippen LogP contribution >= 0.6 is 0 Å². The van der Waals surface area contributed by atoms with Gasteiger partial charge >= 0.3 is 5.97 Å². The molecule has 0 unspecified atom stereocenters. The monoisotopic (exact) mass is 251 g/mol. The summed E-state index contributed by atoms with van der Waals surface area (Å²) in [7, 11) is 1.31. The van der Waals surface area contributed by atoms with Crippen molar-refractivity contribution in [2.24, 2.45) is 0 Å². The van der Waals surface area contributed by atoms with Gasteiger partial charge in [-0.25, -0.2) is 4.79 Å². The Labute approximate surface area is 106 Å². The molecular formula is C13H17NO4. The van der Waals surface area contributed by atoms with Gasteiger partial charge in [0.2, 0.25) is 0 Å². The molecule has 1 atom stereocenters. The minimum absolute atomic E-state index is 0.238. The van der Waals surface area contributed by atoms with Crippen LogP contribution < -0.4 is 10.5 Å². The largest absolute Gasteiger partial charge is 0.488 e. The lowest BCUT2D eigenvalue weighted by atomic mass is 10.1. The second-order valence-corrected chi connectivity index (χ2v) is 3.79. The maximum absolute atomic E-state index is 11.4. The molecule has 0 aliphatic heterocycles. The number of anilines is 1. The summed E-state index contributed by atoms with van der Waals surface area (Å²) in [5.41, 5.74) is 6.55. The lowest BCUT2D eigenvalue weighted by molar-refractivity contribution is -0.109. The fourth-order valence-corrected chi connectivity index (χ4v) is 1.47. The van der Waals surface area contributed by atoms with Crippen molar-refractivity contribution in [2.45, 2.75) is 25.9 Å². The van der Waals surface area contributed by atoms with E-state index in [1.807, 2.05) is 6.92 Å². The van der Waals surface area contributed by atoms with Crippen LogP contribution in [-0.4, -0.2) is 25.5 Å². The molecule has 0 aromatic heterocycles. The third kappa shape index (κ3) is 3.48. The molecule has 98 valence electrons. The number of methoxy groups -OCH3 is 1. The van der Waals surface area contributed by atoms with Crippen LogP contribution in [-0.2, 0) is 9.53 Å². The summed E-state index contributed by atoms with van der Waals surface area (Å²) in [6.45, 7) is 1.91. The highest BCUT2D eigenvalue weighted by Crippen LogP contribution is 2.25. The Morgan fingerprint density at radius 2 is 2.22 bits per heavy atom. The van der Waals surface area contributed by atoms with Gasteiger partial charge in [-0.2, -0.15) is 0 Å². The van der Waals surface area contributed by atoms with E-state index in [9.17, 15) is 9.59 Å². The quantitative estimate of drug-likeness (QED) is 0.474. The molecule has 0 aliphatic carbocycles. The topological polar surface area (TPSA) is 78.6 Å². The second kappa shape index (κ2) is 6.64. The zero-order valence-electron chi connectivity index (χ0n) is 10.5. The van der Waals surface area contributed by atoms with Gasteiger partial charge < -0.3 is 20.0 Å². The van der Waals surface area contributed by atoms with Crippen molar-refractivity contribution in [1.82, 2.24) is 0 Å². The Bertz CT molecular complexity index is 431. The SMILES string of the molecule is CC[C@H](CC=O)Oc1cc(C(=O)OC)ccc1N. The highest BCUT2D eigenvalue weighted by molar-refractivity contribution is 5.90. The van der Waals surface area contributed by atoms with Crippen molar-refractivity contribution in [3.8, 4) is 5.75 Å². The first kappa shape index (κ1) is 14.0. The van der Waals surface area contributed by atoms with Gasteiger partial charge in [-0.05, 0) is 24.6 Å². The zero-order chi connectivity index (χ0) is 13.5. The average Bonchev–Trinajstić information content (AvgIpc) is 2.39. The van der Waals surface area contributed by atoms with E-state index in [0.29, 0.717) is 29.8 Å². The van der Waals surface area contributed by atoms with Gasteiger partial charge in [-0.3, -0.25) is 0 Å². The van der Waals surface area contributed by atoms with E-state index in [4.69, 9.17) is 10.5 Å². The van der Waals surface area contributed by atoms with Gasteiger partial charge in [-0.15, -0.1) is 0 Å². The summed E-state index contributed by atoms with van der Waals surface area (Å²) in [5.74, 6) is -0.0603. The van der Waals surface area contributed by atoms with Gasteiger partial charge in [0.15, 0.2) is 0 Å². The minimum atomic E-state index is -0.455. The van der Waals surface area contributed by atoms with Crippen molar-refractivity contribution in [3.05, 3.63) is 23.8 Å². The van der Waals surface area contributed by atoms with Crippen molar-refractivity contribution in [3.63, 3.8) is 0 Å². The number of carbonyl (C=O) groups excluding carboxylic acids is 2. The van der Waals surface area contributed by atoms with E-state index in [0.717, 1.165) is 6.29 Å². The fourth-order valence-electron chi connectivity index (χ4n) is 1.47. The molecule has 0 heterocycles. The number of hydrogen-bond donors (Lipinski definition) is 1. The van der Waals surface area contributed by atoms with Crippen molar-refractivity contribution < 1.29 is 19.1 Å². The molecule has 0 radical (unpaired) electrons. The first-order chi connectivity index (χ1) is 8.62. The van der Waals surface area contributed by atoms with Gasteiger partial charge in [0.1, 0.15) is 18.1 Å². The maximum atomic E-state index is 11.4. The summed E-state index contributed by atoms with van der Waals surface area (Å²) in [6.07, 6.45) is 1.53. The van der Waals surface area contributed by atoms with E-state index in [2.05, 4.69) is 4.74 Å². The lowest BCUT2D eigenvalue weighted by Gasteiger charge is -2.17. The Morgan fingerprint density at radius 3 is 2.78 bits per heavy atom. The van der Waals surface area contributed by atoms with Gasteiger partial charge in [0.25, 0.3) is 0 Å². The van der Waals surface area contributed by atoms with E-state index in [-0.39, 0.29) is 6.10 Å². The molecule has 18 heavy (non-hydrogen) atoms. The Kier molecular flexibility index (Phi) is 5.17. The molecule has 0 spiro atoms. The van der Waals surface area contributed by atoms with E-state index >= 15 is 0 Å². The number of aldehydes is 1. The number of nitrogens with two attached hydrogens (primary N) is 1. The average molecular weight is 251 g/mol. The standard InChI is InChI=1S/C13H17NO4/c1-3-10(6-7-15)18-12-8-9(13(16)17-2)4-5-11(12)14/h4-5,7-8,10H,3,6,14H2,1-2H3/t10-/m1/s1. The highest BCUT2D eigenvalue weighted by atomic mass is 16.5. The molecule has 5 nitrogen and oxygen atoms in total. The third-order valence-electron chi connectivity index (χ3n) is 2.54. The van der Waals surface area contributed by atoms with Crippen LogP contribution in [0.3, 0.4) is 0 Å². The summed E-state index contributed by atoms with van der Waals surface area (Å²) in [5, 5.41) is 0. The van der Waals surface area contributed by atoms with Crippen LogP contribution in [0.25, 0.3) is 0 Å². The molecule has 1 aromatic rings. The molecule has 0 fully saturated rings. The maximum Gasteiger partial charge on any atom is 0.337 e. The van der Waals surface area contributed by atoms with Crippen LogP contribution in [0.1, 0.15) is 30.1 Å². The fraction of sp³-hybridized carbons (Fsp3) is 0.385. The molecular weight excluding hydrogens is 234 g/mol. The van der Waals surface area contributed by atoms with E-state index < -0.39 is 5.97 Å². The number of carbonyl (C=O) groups is 2. The Morgan fingerprint density at radius 1 is 1.50 bits per heavy atom. The van der Waals surface area contributed by atoms with Crippen LogP contribution in [0.2, 0.25) is 0 Å². The summed E-state index contributed by atoms with van der Waals surface area (Å²) in [4.78, 5) is 21.9. The normalized spacial score (nSPS) is 11.7. The van der Waals surface area contributed by atoms with Gasteiger partial charge in [0, 0.05) is 6.42 Å². The number of rotatable bonds is 6. The van der Waals surface area contributed by atoms with Crippen LogP contribution in [0.15, 0.2) is 18.2 Å². The predicted octanol–water partition coefficient (Wildman–Crippen LogP) is 1.80. The molecule has 0 aliphatic rings. The van der Waals surface area contributed by atoms with E-state index in [1.165, 1.54) is 13.2 Å². The predicted molar refractivity (Wildman–Crippen MR) is 67.6 cm³/mol. The van der Waals surface area contributed by atoms with Crippen LogP contribution in [0.4, 0.5) is 5.69 Å². The molecule has 5 heteroatoms. The minimum Gasteiger partial charge on any atom is -0.488 e. The second-order valence-electron chi connectivity index (χ2n) is 3.79. The molecule has 0 saturated carbocycles. The highest BCUT2D eigenvalue weighted by Gasteiger charge is 2.13. The number of nitrogen functional groups attached to an aromatic ring is 1. The lowest BCUT2D eigenvalue weighted by Crippen LogP contribution is -2.17. The molecule has 0 bridgehead atoms. The first-order valence-corrected chi connectivity index (χ1v) is 5.70. The first-order valence-electron chi connectivity index (χ1n) is 5.70. The van der Waals surface area contributed by atoms with Crippen molar-refractivity contribution in [1.29, 1.82) is 0 Å². The molecule has 1 rings (SSSR count). The molecule has 1 aromatic carbocycles. The Balaban J connectivity index is 2.92. The van der Waals surface area contributed by atoms with Crippen molar-refractivity contribution in [2.75, 3.05) is 12.8 Å². The van der Waals surface area contributed by atoms with Gasteiger partial charge in [0.05, 0.1) is 18.4 Å². The molecule has 0 saturated heterocycles. The van der Waals surface area contributed by atoms with Gasteiger partial charge in [-0.1, -0.05) is 6.92 Å². The smallest absolute Gasteiger partial charge is 0.337 e. The van der Waals surface area contributed by atoms with E-state index in [1.54, 1.807) is 12.1 Å². The Hall–Kier alpha value is -2.04. The molecule has 2 N–H and O–H groups in total. The van der Waals surface area contributed by atoms with Crippen LogP contribution in [0.5, 0.6) is 5.75 Å². The summed E-state index contributed by atoms with van der Waals surface area (Å²) >= 11 is 0. The number of esters is 1. The number of hydrogen-bond acceptors (Lipinski definition) is 5. The van der Waals surface area contributed by atoms with Crippen molar-refractivity contribution >= 4 is 17.9 Å². The summed E-state index contributed by atoms with van der Waals surface area (Å²) in [6, 6.07) is 4.67. The number of benzene rings is 1. The zero-order valence-corrected chi connectivity index (χ0v) is 10.5. The van der Waals surface area contributed by atoms with Crippen LogP contribution in [0, 0.1) is 0 Å². The third-order valence-corrected chi connectivity index (χ3v) is 2.54. The molecule has 0 amide bonds. The number of ether oxygens (including phenoxy) is 2. The summed E-state index contributed by atoms with van der Waals surface area (Å²) < 4.78 is 10.2.